The van der Waals surface area contributed by atoms with Crippen LogP contribution in [0.25, 0.3) is 0 Å². The molecule has 0 amide bonds. The van der Waals surface area contributed by atoms with E-state index in [0.717, 1.165) is 0 Å². The first kappa shape index (κ1) is 18.8. The van der Waals surface area contributed by atoms with Crippen LogP contribution in [0.15, 0.2) is 0 Å². The van der Waals surface area contributed by atoms with Crippen molar-refractivity contribution in [2.45, 2.75) is 72.6 Å². The van der Waals surface area contributed by atoms with Crippen LogP contribution < -0.4 is 0 Å². The van der Waals surface area contributed by atoms with Gasteiger partial charge in [0.2, 0.25) is 0 Å². The van der Waals surface area contributed by atoms with Gasteiger partial charge in [0.25, 0.3) is 0 Å². The zero-order chi connectivity index (χ0) is 12.6. The van der Waals surface area contributed by atoms with Crippen molar-refractivity contribution < 1.29 is 9.73 Å². The Bertz CT molecular complexity index is 115. The fraction of sp³-hybridized carbons (Fsp3) is 1.00. The van der Waals surface area contributed by atoms with Crippen LogP contribution in [0.2, 0.25) is 13.3 Å². The van der Waals surface area contributed by atoms with Crippen molar-refractivity contribution in [3.05, 3.63) is 0 Å². The maximum absolute atomic E-state index is 8.36. The molecule has 1 N–H and O–H groups in total. The van der Waals surface area contributed by atoms with Gasteiger partial charge in [0.1, 0.15) is 0 Å². The minimum atomic E-state index is -0.839. The van der Waals surface area contributed by atoms with E-state index in [4.69, 9.17) is 9.73 Å². The van der Waals surface area contributed by atoms with Crippen molar-refractivity contribution in [1.29, 1.82) is 0 Å². The Morgan fingerprint density at radius 2 is 1.12 bits per heavy atom. The number of hydrogen-bond donors (Lipinski definition) is 1. The average Bonchev–Trinajstić information content (AvgIpc) is 2.29. The molecule has 16 heavy (non-hydrogen) atoms. The van der Waals surface area contributed by atoms with Crippen LogP contribution in [0.3, 0.4) is 0 Å². The Kier molecular flexibility index (Phi) is 21.0. The molecule has 0 aliphatic heterocycles. The summed E-state index contributed by atoms with van der Waals surface area (Å²) in [6.45, 7) is 7.00. The first-order valence-electron chi connectivity index (χ1n) is 6.68. The van der Waals surface area contributed by atoms with Gasteiger partial charge in [-0.2, -0.15) is 0 Å². The molecule has 2 nitrogen and oxygen atoms in total. The molecular formula is C12H28BO2Sn. The van der Waals surface area contributed by atoms with Crippen LogP contribution in [0.4, 0.5) is 0 Å². The number of hydrogen-bond acceptors (Lipinski definition) is 1. The van der Waals surface area contributed by atoms with E-state index in [-0.39, 0.29) is 7.35 Å². The Morgan fingerprint density at radius 1 is 0.875 bits per heavy atom. The van der Waals surface area contributed by atoms with Gasteiger partial charge in [-0.3, -0.25) is 0 Å². The molecule has 0 spiro atoms. The third-order valence-corrected chi connectivity index (χ3v) is 11.7. The van der Waals surface area contributed by atoms with Gasteiger partial charge >= 0.3 is 109 Å². The Hall–Kier alpha value is 0.464. The van der Waals surface area contributed by atoms with E-state index < -0.39 is 19.8 Å². The summed E-state index contributed by atoms with van der Waals surface area (Å²) >= 11 is -0.839. The molecule has 0 atom stereocenters. The van der Waals surface area contributed by atoms with Crippen molar-refractivity contribution in [2.75, 3.05) is 0 Å². The molecule has 4 heteroatoms. The van der Waals surface area contributed by atoms with E-state index in [9.17, 15) is 0 Å². The third kappa shape index (κ3) is 16.9. The minimum absolute atomic E-state index is 0.250. The van der Waals surface area contributed by atoms with Crippen molar-refractivity contribution in [1.82, 2.24) is 0 Å². The van der Waals surface area contributed by atoms with Gasteiger partial charge in [0.05, 0.1) is 0 Å². The van der Waals surface area contributed by atoms with E-state index in [1.165, 1.54) is 38.5 Å². The van der Waals surface area contributed by atoms with Crippen molar-refractivity contribution >= 4 is 27.1 Å². The molecule has 0 unspecified atom stereocenters. The molecule has 0 aliphatic rings. The van der Waals surface area contributed by atoms with E-state index in [0.29, 0.717) is 0 Å². The maximum atomic E-state index is 8.36. The molecular weight excluding hydrogens is 306 g/mol. The summed E-state index contributed by atoms with van der Waals surface area (Å²) in [5.41, 5.74) is 0. The molecule has 1 radical (unpaired) electrons. The Balaban J connectivity index is 0. The van der Waals surface area contributed by atoms with Gasteiger partial charge < -0.3 is 0 Å². The van der Waals surface area contributed by atoms with Gasteiger partial charge in [0.15, 0.2) is 0 Å². The number of rotatable bonds is 9. The Labute approximate surface area is 109 Å². The molecule has 0 aromatic heterocycles. The van der Waals surface area contributed by atoms with Crippen LogP contribution in [0.5, 0.6) is 0 Å². The standard InChI is InChI=1S/3C4H9.BHO2.Sn/c3*1-3-4-2;2-1-3;/h3*1,3-4H2,2H3;2H;. The summed E-state index contributed by atoms with van der Waals surface area (Å²) in [4.78, 5) is 0. The van der Waals surface area contributed by atoms with Gasteiger partial charge in [-0.25, -0.2) is 0 Å². The molecule has 0 fully saturated rings. The fourth-order valence-electron chi connectivity index (χ4n) is 1.66. The second-order valence-electron chi connectivity index (χ2n) is 4.17. The van der Waals surface area contributed by atoms with Crippen LogP contribution >= 0.6 is 0 Å². The normalized spacial score (nSPS) is 9.50. The van der Waals surface area contributed by atoms with Gasteiger partial charge in [-0.05, 0) is 0 Å². The summed E-state index contributed by atoms with van der Waals surface area (Å²) in [7, 11) is -0.250. The fourth-order valence-corrected chi connectivity index (χ4v) is 11.1. The topological polar surface area (TPSA) is 37.3 Å². The predicted molar refractivity (Wildman–Crippen MR) is 73.6 cm³/mol. The summed E-state index contributed by atoms with van der Waals surface area (Å²) in [6.07, 6.45) is 8.85. The van der Waals surface area contributed by atoms with Gasteiger partial charge in [0, 0.05) is 0 Å². The average molecular weight is 334 g/mol. The van der Waals surface area contributed by atoms with Crippen LogP contribution in [0, 0.1) is 0 Å². The van der Waals surface area contributed by atoms with E-state index >= 15 is 0 Å². The van der Waals surface area contributed by atoms with E-state index in [1.54, 1.807) is 13.3 Å². The summed E-state index contributed by atoms with van der Waals surface area (Å²) in [5, 5.41) is 6.89. The summed E-state index contributed by atoms with van der Waals surface area (Å²) in [5.74, 6) is 0. The summed E-state index contributed by atoms with van der Waals surface area (Å²) < 4.78 is 13.4. The first-order valence-corrected chi connectivity index (χ1v) is 12.7. The van der Waals surface area contributed by atoms with E-state index in [1.807, 2.05) is 0 Å². The SMILES string of the molecule is CCC[CH2][Sn]([CH2]CCC)[CH2]CCC.O=BO. The van der Waals surface area contributed by atoms with Gasteiger partial charge in [-0.15, -0.1) is 0 Å². The zero-order valence-electron chi connectivity index (χ0n) is 11.3. The van der Waals surface area contributed by atoms with Crippen LogP contribution in [-0.2, 0) is 4.70 Å². The Morgan fingerprint density at radius 3 is 1.31 bits per heavy atom. The molecule has 0 bridgehead atoms. The van der Waals surface area contributed by atoms with Crippen molar-refractivity contribution in [2.24, 2.45) is 0 Å². The first-order chi connectivity index (χ1) is 7.76. The van der Waals surface area contributed by atoms with Gasteiger partial charge in [-0.1, -0.05) is 0 Å². The summed E-state index contributed by atoms with van der Waals surface area (Å²) in [6, 6.07) is 0. The zero-order valence-corrected chi connectivity index (χ0v) is 14.2. The molecule has 0 saturated carbocycles. The third-order valence-electron chi connectivity index (χ3n) is 2.65. The predicted octanol–water partition coefficient (Wildman–Crippen LogP) is 3.82. The van der Waals surface area contributed by atoms with Crippen molar-refractivity contribution in [3.63, 3.8) is 0 Å². The second-order valence-corrected chi connectivity index (χ2v) is 12.7. The monoisotopic (exact) mass is 335 g/mol. The number of unbranched alkanes of at least 4 members (excludes halogenated alkanes) is 3. The molecule has 0 aromatic carbocycles. The molecule has 0 saturated heterocycles. The molecule has 0 heterocycles. The van der Waals surface area contributed by atoms with Crippen LogP contribution in [-0.4, -0.2) is 32.1 Å². The quantitative estimate of drug-likeness (QED) is 0.651. The molecule has 95 valence electrons. The molecule has 0 aromatic rings. The van der Waals surface area contributed by atoms with Crippen molar-refractivity contribution in [3.8, 4) is 0 Å². The molecule has 0 rings (SSSR count). The second kappa shape index (κ2) is 17.8. The van der Waals surface area contributed by atoms with Crippen LogP contribution in [0.1, 0.15) is 59.3 Å². The molecule has 0 aliphatic carbocycles. The van der Waals surface area contributed by atoms with E-state index in [2.05, 4.69) is 20.8 Å².